The molecule has 8 heteroatoms. The van der Waals surface area contributed by atoms with Gasteiger partial charge in [0.05, 0.1) is 15.7 Å². The highest BCUT2D eigenvalue weighted by Crippen LogP contribution is 2.22. The van der Waals surface area contributed by atoms with E-state index in [1.165, 1.54) is 0 Å². The molecule has 118 valence electrons. The number of piperazine rings is 1. The Morgan fingerprint density at radius 3 is 2.81 bits per heavy atom. The van der Waals surface area contributed by atoms with E-state index in [4.69, 9.17) is 23.2 Å². The molecule has 0 bridgehead atoms. The third-order valence-electron chi connectivity index (χ3n) is 3.53. The van der Waals surface area contributed by atoms with Crippen molar-refractivity contribution in [1.29, 1.82) is 0 Å². The van der Waals surface area contributed by atoms with E-state index in [2.05, 4.69) is 22.1 Å². The fraction of sp³-hybridized carbons (Fsp3) is 0.462. The number of nitrogens with one attached hydrogen (secondary N) is 1. The second-order valence-electron chi connectivity index (χ2n) is 4.99. The van der Waals surface area contributed by atoms with Gasteiger partial charge in [0.15, 0.2) is 5.65 Å². The van der Waals surface area contributed by atoms with Crippen molar-refractivity contribution in [3.63, 3.8) is 0 Å². The SMILES string of the molecule is C[C@@H]1CNCCN1Cc1cn2cc(Cl)cc(Cl)c2n1.Cl.Cl. The number of halogens is 4. The van der Waals surface area contributed by atoms with Crippen LogP contribution < -0.4 is 5.32 Å². The molecular weight excluding hydrogens is 354 g/mol. The minimum Gasteiger partial charge on any atom is -0.314 e. The number of fused-ring (bicyclic) bond motifs is 1. The zero-order chi connectivity index (χ0) is 13.4. The van der Waals surface area contributed by atoms with Gasteiger partial charge < -0.3 is 9.72 Å². The number of nitrogens with zero attached hydrogens (tertiary/aromatic N) is 3. The summed E-state index contributed by atoms with van der Waals surface area (Å²) >= 11 is 12.2. The van der Waals surface area contributed by atoms with Crippen LogP contribution in [0.15, 0.2) is 18.5 Å². The second-order valence-corrected chi connectivity index (χ2v) is 5.84. The molecule has 1 N–H and O–H groups in total. The van der Waals surface area contributed by atoms with Crippen molar-refractivity contribution in [1.82, 2.24) is 19.6 Å². The first-order valence-corrected chi connectivity index (χ1v) is 7.16. The maximum absolute atomic E-state index is 6.16. The Bertz CT molecular complexity index is 601. The number of rotatable bonds is 2. The first-order chi connectivity index (χ1) is 9.13. The van der Waals surface area contributed by atoms with Crippen LogP contribution in [0.4, 0.5) is 0 Å². The van der Waals surface area contributed by atoms with Gasteiger partial charge in [0.2, 0.25) is 0 Å². The molecule has 0 amide bonds. The monoisotopic (exact) mass is 370 g/mol. The normalized spacial score (nSPS) is 19.1. The Labute approximate surface area is 146 Å². The zero-order valence-corrected chi connectivity index (χ0v) is 14.7. The Hall–Kier alpha value is -0.230. The Balaban J connectivity index is 0.00000110. The van der Waals surface area contributed by atoms with Gasteiger partial charge >= 0.3 is 0 Å². The fourth-order valence-electron chi connectivity index (χ4n) is 2.48. The predicted molar refractivity (Wildman–Crippen MR) is 92.4 cm³/mol. The van der Waals surface area contributed by atoms with Gasteiger partial charge in [-0.25, -0.2) is 4.98 Å². The molecule has 1 aliphatic rings. The third-order valence-corrected chi connectivity index (χ3v) is 4.01. The lowest BCUT2D eigenvalue weighted by molar-refractivity contribution is 0.164. The number of hydrogen-bond donors (Lipinski definition) is 1. The van der Waals surface area contributed by atoms with Crippen LogP contribution in [0.25, 0.3) is 5.65 Å². The van der Waals surface area contributed by atoms with Gasteiger partial charge in [-0.05, 0) is 13.0 Å². The molecule has 2 aromatic heterocycles. The molecule has 4 nitrogen and oxygen atoms in total. The molecule has 1 fully saturated rings. The standard InChI is InChI=1S/C13H16Cl2N4.2ClH/c1-9-5-16-2-3-18(9)7-11-8-19-6-10(14)4-12(15)13(19)17-11;;/h4,6,8-9,16H,2-3,5,7H2,1H3;2*1H/t9-;;/m1../s1. The maximum Gasteiger partial charge on any atom is 0.156 e. The Kier molecular flexibility index (Phi) is 7.04. The molecule has 3 heterocycles. The molecule has 0 saturated carbocycles. The number of hydrogen-bond acceptors (Lipinski definition) is 3. The van der Waals surface area contributed by atoms with Crippen molar-refractivity contribution in [2.45, 2.75) is 19.5 Å². The molecule has 1 saturated heterocycles. The summed E-state index contributed by atoms with van der Waals surface area (Å²) < 4.78 is 1.90. The summed E-state index contributed by atoms with van der Waals surface area (Å²) in [4.78, 5) is 7.02. The molecule has 0 unspecified atom stereocenters. The summed E-state index contributed by atoms with van der Waals surface area (Å²) in [6.45, 7) is 6.18. The van der Waals surface area contributed by atoms with E-state index in [1.807, 2.05) is 16.8 Å². The number of imidazole rings is 1. The molecule has 0 aromatic carbocycles. The van der Waals surface area contributed by atoms with Crippen LogP contribution in [-0.2, 0) is 6.54 Å². The van der Waals surface area contributed by atoms with Crippen molar-refractivity contribution in [3.05, 3.63) is 34.2 Å². The highest BCUT2D eigenvalue weighted by Gasteiger charge is 2.19. The van der Waals surface area contributed by atoms with E-state index in [1.54, 1.807) is 6.07 Å². The quantitative estimate of drug-likeness (QED) is 0.879. The highest BCUT2D eigenvalue weighted by atomic mass is 35.5. The van der Waals surface area contributed by atoms with E-state index in [-0.39, 0.29) is 24.8 Å². The topological polar surface area (TPSA) is 32.6 Å². The maximum atomic E-state index is 6.16. The van der Waals surface area contributed by atoms with E-state index in [0.717, 1.165) is 37.5 Å². The van der Waals surface area contributed by atoms with E-state index >= 15 is 0 Å². The van der Waals surface area contributed by atoms with Gasteiger partial charge in [-0.1, -0.05) is 23.2 Å². The average molecular weight is 372 g/mol. The van der Waals surface area contributed by atoms with Gasteiger partial charge in [0.1, 0.15) is 0 Å². The molecule has 21 heavy (non-hydrogen) atoms. The third kappa shape index (κ3) is 4.15. The van der Waals surface area contributed by atoms with Crippen molar-refractivity contribution in [3.8, 4) is 0 Å². The van der Waals surface area contributed by atoms with Crippen LogP contribution in [0.3, 0.4) is 0 Å². The molecule has 0 radical (unpaired) electrons. The van der Waals surface area contributed by atoms with Crippen molar-refractivity contribution < 1.29 is 0 Å². The molecular formula is C13H18Cl4N4. The minimum atomic E-state index is 0. The van der Waals surface area contributed by atoms with Gasteiger partial charge in [-0.3, -0.25) is 4.90 Å². The average Bonchev–Trinajstić information content (AvgIpc) is 2.75. The number of aromatic nitrogens is 2. The first-order valence-electron chi connectivity index (χ1n) is 6.41. The summed E-state index contributed by atoms with van der Waals surface area (Å²) in [5, 5.41) is 4.60. The molecule has 1 aliphatic heterocycles. The fourth-order valence-corrected chi connectivity index (χ4v) is 3.00. The minimum absolute atomic E-state index is 0. The predicted octanol–water partition coefficient (Wildman–Crippen LogP) is 3.28. The summed E-state index contributed by atoms with van der Waals surface area (Å²) in [7, 11) is 0. The largest absolute Gasteiger partial charge is 0.314 e. The number of pyridine rings is 1. The molecule has 0 aliphatic carbocycles. The summed E-state index contributed by atoms with van der Waals surface area (Å²) in [6, 6.07) is 2.25. The first kappa shape index (κ1) is 18.8. The molecule has 0 spiro atoms. The van der Waals surface area contributed by atoms with E-state index in [9.17, 15) is 0 Å². The van der Waals surface area contributed by atoms with E-state index in [0.29, 0.717) is 16.1 Å². The van der Waals surface area contributed by atoms with Crippen molar-refractivity contribution >= 4 is 53.7 Å². The van der Waals surface area contributed by atoms with Gasteiger partial charge in [0, 0.05) is 44.6 Å². The van der Waals surface area contributed by atoms with E-state index < -0.39 is 0 Å². The Morgan fingerprint density at radius 2 is 2.10 bits per heavy atom. The van der Waals surface area contributed by atoms with Gasteiger partial charge in [0.25, 0.3) is 0 Å². The van der Waals surface area contributed by atoms with Crippen LogP contribution in [0.1, 0.15) is 12.6 Å². The molecule has 3 rings (SSSR count). The Morgan fingerprint density at radius 1 is 1.33 bits per heavy atom. The summed E-state index contributed by atoms with van der Waals surface area (Å²) in [6.07, 6.45) is 3.84. The smallest absolute Gasteiger partial charge is 0.156 e. The lowest BCUT2D eigenvalue weighted by Gasteiger charge is -2.33. The van der Waals surface area contributed by atoms with Crippen LogP contribution in [-0.4, -0.2) is 40.0 Å². The van der Waals surface area contributed by atoms with Crippen LogP contribution in [0, 0.1) is 0 Å². The summed E-state index contributed by atoms with van der Waals surface area (Å²) in [5.41, 5.74) is 1.79. The van der Waals surface area contributed by atoms with Crippen LogP contribution in [0.2, 0.25) is 10.0 Å². The van der Waals surface area contributed by atoms with Crippen molar-refractivity contribution in [2.24, 2.45) is 0 Å². The van der Waals surface area contributed by atoms with Crippen LogP contribution >= 0.6 is 48.0 Å². The zero-order valence-electron chi connectivity index (χ0n) is 11.6. The van der Waals surface area contributed by atoms with Crippen LogP contribution in [0.5, 0.6) is 0 Å². The summed E-state index contributed by atoms with van der Waals surface area (Å²) in [5.74, 6) is 0. The lowest BCUT2D eigenvalue weighted by Crippen LogP contribution is -2.49. The van der Waals surface area contributed by atoms with Gasteiger partial charge in [-0.2, -0.15) is 0 Å². The molecule has 2 aromatic rings. The highest BCUT2D eigenvalue weighted by molar-refractivity contribution is 6.36. The van der Waals surface area contributed by atoms with Crippen molar-refractivity contribution in [2.75, 3.05) is 19.6 Å². The second kappa shape index (κ2) is 7.86. The lowest BCUT2D eigenvalue weighted by atomic mass is 10.2. The molecule has 1 atom stereocenters. The van der Waals surface area contributed by atoms with Gasteiger partial charge in [-0.15, -0.1) is 24.8 Å².